The van der Waals surface area contributed by atoms with Crippen LogP contribution in [0.5, 0.6) is 0 Å². The fourth-order valence-electron chi connectivity index (χ4n) is 4.20. The lowest BCUT2D eigenvalue weighted by atomic mass is 9.95. The lowest BCUT2D eigenvalue weighted by molar-refractivity contribution is -0.130. The Morgan fingerprint density at radius 2 is 1.93 bits per heavy atom. The molecule has 1 saturated carbocycles. The summed E-state index contributed by atoms with van der Waals surface area (Å²) in [7, 11) is 1.59. The predicted molar refractivity (Wildman–Crippen MR) is 111 cm³/mol. The van der Waals surface area contributed by atoms with Crippen LogP contribution in [0.2, 0.25) is 0 Å². The number of para-hydroxylation sites is 1. The SMILES string of the molecule is COC[C@H](C)N1C[C@@H](C(=O)Nc2ccccc2C(=O)NC2CCCCC2)CC1=O. The Kier molecular flexibility index (Phi) is 7.25. The van der Waals surface area contributed by atoms with Crippen LogP contribution in [0.4, 0.5) is 5.69 Å². The minimum atomic E-state index is -0.434. The molecule has 1 aromatic carbocycles. The summed E-state index contributed by atoms with van der Waals surface area (Å²) in [5.74, 6) is -0.872. The number of likely N-dealkylation sites (tertiary alicyclic amines) is 1. The van der Waals surface area contributed by atoms with E-state index in [0.29, 0.717) is 24.4 Å². The van der Waals surface area contributed by atoms with Crippen molar-refractivity contribution in [2.24, 2.45) is 5.92 Å². The number of hydrogen-bond acceptors (Lipinski definition) is 4. The fourth-order valence-corrected chi connectivity index (χ4v) is 4.20. The smallest absolute Gasteiger partial charge is 0.253 e. The Balaban J connectivity index is 1.63. The highest BCUT2D eigenvalue weighted by molar-refractivity contribution is 6.05. The minimum Gasteiger partial charge on any atom is -0.383 e. The number of ether oxygens (including phenoxy) is 1. The van der Waals surface area contributed by atoms with Crippen molar-refractivity contribution in [1.82, 2.24) is 10.2 Å². The summed E-state index contributed by atoms with van der Waals surface area (Å²) >= 11 is 0. The third kappa shape index (κ3) is 5.35. The number of rotatable bonds is 7. The first-order valence-electron chi connectivity index (χ1n) is 10.5. The van der Waals surface area contributed by atoms with E-state index >= 15 is 0 Å². The van der Waals surface area contributed by atoms with Crippen molar-refractivity contribution >= 4 is 23.4 Å². The van der Waals surface area contributed by atoms with Gasteiger partial charge in [0, 0.05) is 26.1 Å². The number of hydrogen-bond donors (Lipinski definition) is 2. The van der Waals surface area contributed by atoms with Gasteiger partial charge in [0.1, 0.15) is 0 Å². The zero-order chi connectivity index (χ0) is 20.8. The summed E-state index contributed by atoms with van der Waals surface area (Å²) in [6, 6.07) is 7.16. The van der Waals surface area contributed by atoms with E-state index in [4.69, 9.17) is 4.74 Å². The monoisotopic (exact) mass is 401 g/mol. The molecule has 7 nitrogen and oxygen atoms in total. The lowest BCUT2D eigenvalue weighted by Crippen LogP contribution is -2.38. The highest BCUT2D eigenvalue weighted by atomic mass is 16.5. The highest BCUT2D eigenvalue weighted by Crippen LogP contribution is 2.24. The van der Waals surface area contributed by atoms with Crippen molar-refractivity contribution in [1.29, 1.82) is 0 Å². The molecule has 3 amide bonds. The molecule has 3 rings (SSSR count). The molecular weight excluding hydrogens is 370 g/mol. The second-order valence-corrected chi connectivity index (χ2v) is 8.09. The van der Waals surface area contributed by atoms with E-state index in [1.54, 1.807) is 36.3 Å². The summed E-state index contributed by atoms with van der Waals surface area (Å²) in [4.78, 5) is 39.5. The summed E-state index contributed by atoms with van der Waals surface area (Å²) in [6.07, 6.45) is 5.67. The van der Waals surface area contributed by atoms with Gasteiger partial charge in [-0.3, -0.25) is 14.4 Å². The molecule has 0 radical (unpaired) electrons. The maximum Gasteiger partial charge on any atom is 0.253 e. The third-order valence-electron chi connectivity index (χ3n) is 5.84. The molecule has 1 heterocycles. The molecule has 2 aliphatic rings. The van der Waals surface area contributed by atoms with Gasteiger partial charge in [0.2, 0.25) is 11.8 Å². The molecule has 2 N–H and O–H groups in total. The van der Waals surface area contributed by atoms with Crippen LogP contribution in [0.25, 0.3) is 0 Å². The third-order valence-corrected chi connectivity index (χ3v) is 5.84. The standard InChI is InChI=1S/C22H31N3O4/c1-15(14-29-2)25-13-16(12-20(25)26)21(27)24-19-11-7-6-10-18(19)22(28)23-17-8-4-3-5-9-17/h6-7,10-11,15-17H,3-5,8-9,12-14H2,1-2H3,(H,23,28)(H,24,27)/t15-,16-/m0/s1. The van der Waals surface area contributed by atoms with Gasteiger partial charge < -0.3 is 20.3 Å². The number of carbonyl (C=O) groups is 3. The van der Waals surface area contributed by atoms with Crippen molar-refractivity contribution in [2.45, 2.75) is 57.5 Å². The van der Waals surface area contributed by atoms with Crippen molar-refractivity contribution in [2.75, 3.05) is 25.6 Å². The van der Waals surface area contributed by atoms with E-state index in [9.17, 15) is 14.4 Å². The van der Waals surface area contributed by atoms with E-state index in [-0.39, 0.29) is 36.2 Å². The first-order chi connectivity index (χ1) is 14.0. The van der Waals surface area contributed by atoms with Crippen LogP contribution in [0.15, 0.2) is 24.3 Å². The van der Waals surface area contributed by atoms with Crippen molar-refractivity contribution in [3.05, 3.63) is 29.8 Å². The molecule has 0 unspecified atom stereocenters. The van der Waals surface area contributed by atoms with Crippen molar-refractivity contribution in [3.63, 3.8) is 0 Å². The summed E-state index contributed by atoms with van der Waals surface area (Å²) < 4.78 is 5.12. The molecular formula is C22H31N3O4. The van der Waals surface area contributed by atoms with E-state index in [1.165, 1.54) is 6.42 Å². The van der Waals surface area contributed by atoms with E-state index in [1.807, 2.05) is 6.92 Å². The van der Waals surface area contributed by atoms with Gasteiger partial charge >= 0.3 is 0 Å². The van der Waals surface area contributed by atoms with Crippen LogP contribution in [0.1, 0.15) is 55.8 Å². The summed E-state index contributed by atoms with van der Waals surface area (Å²) in [5, 5.41) is 5.97. The predicted octanol–water partition coefficient (Wildman–Crippen LogP) is 2.57. The molecule has 29 heavy (non-hydrogen) atoms. The zero-order valence-electron chi connectivity index (χ0n) is 17.3. The molecule has 1 saturated heterocycles. The molecule has 158 valence electrons. The Labute approximate surface area is 172 Å². The molecule has 2 fully saturated rings. The zero-order valence-corrected chi connectivity index (χ0v) is 17.3. The number of amides is 3. The van der Waals surface area contributed by atoms with Gasteiger partial charge in [-0.1, -0.05) is 31.4 Å². The largest absolute Gasteiger partial charge is 0.383 e. The average molecular weight is 402 g/mol. The Morgan fingerprint density at radius 1 is 1.21 bits per heavy atom. The van der Waals surface area contributed by atoms with Gasteiger partial charge in [-0.05, 0) is 31.9 Å². The topological polar surface area (TPSA) is 87.7 Å². The molecule has 0 bridgehead atoms. The van der Waals surface area contributed by atoms with Gasteiger partial charge in [-0.15, -0.1) is 0 Å². The maximum absolute atomic E-state index is 12.8. The van der Waals surface area contributed by atoms with Gasteiger partial charge in [0.25, 0.3) is 5.91 Å². The van der Waals surface area contributed by atoms with Crippen LogP contribution in [-0.4, -0.2) is 55.0 Å². The number of methoxy groups -OCH3 is 1. The van der Waals surface area contributed by atoms with Gasteiger partial charge in [-0.2, -0.15) is 0 Å². The second kappa shape index (κ2) is 9.87. The molecule has 1 aliphatic heterocycles. The van der Waals surface area contributed by atoms with Gasteiger partial charge in [-0.25, -0.2) is 0 Å². The normalized spacial score (nSPS) is 21.1. The van der Waals surface area contributed by atoms with Crippen LogP contribution in [-0.2, 0) is 14.3 Å². The summed E-state index contributed by atoms with van der Waals surface area (Å²) in [5.41, 5.74) is 0.946. The second-order valence-electron chi connectivity index (χ2n) is 8.09. The number of anilines is 1. The number of nitrogens with one attached hydrogen (secondary N) is 2. The molecule has 1 aliphatic carbocycles. The number of benzene rings is 1. The van der Waals surface area contributed by atoms with Crippen LogP contribution >= 0.6 is 0 Å². The maximum atomic E-state index is 12.8. The Hall–Kier alpha value is -2.41. The first kappa shape index (κ1) is 21.3. The minimum absolute atomic E-state index is 0.0435. The number of carbonyl (C=O) groups excluding carboxylic acids is 3. The molecule has 2 atom stereocenters. The van der Waals surface area contributed by atoms with Crippen LogP contribution < -0.4 is 10.6 Å². The quantitative estimate of drug-likeness (QED) is 0.735. The Bertz CT molecular complexity index is 745. The first-order valence-corrected chi connectivity index (χ1v) is 10.5. The summed E-state index contributed by atoms with van der Waals surface area (Å²) in [6.45, 7) is 2.71. The Morgan fingerprint density at radius 3 is 2.66 bits per heavy atom. The lowest BCUT2D eigenvalue weighted by Gasteiger charge is -2.24. The highest BCUT2D eigenvalue weighted by Gasteiger charge is 2.36. The van der Waals surface area contributed by atoms with Gasteiger partial charge in [0.05, 0.1) is 29.8 Å². The van der Waals surface area contributed by atoms with Crippen molar-refractivity contribution < 1.29 is 19.1 Å². The molecule has 0 spiro atoms. The van der Waals surface area contributed by atoms with Crippen LogP contribution in [0, 0.1) is 5.92 Å². The van der Waals surface area contributed by atoms with E-state index in [2.05, 4.69) is 10.6 Å². The van der Waals surface area contributed by atoms with Gasteiger partial charge in [0.15, 0.2) is 0 Å². The molecule has 0 aromatic heterocycles. The fraction of sp³-hybridized carbons (Fsp3) is 0.591. The molecule has 1 aromatic rings. The van der Waals surface area contributed by atoms with E-state index in [0.717, 1.165) is 25.7 Å². The average Bonchev–Trinajstić information content (AvgIpc) is 3.11. The molecule has 7 heteroatoms. The van der Waals surface area contributed by atoms with E-state index < -0.39 is 5.92 Å². The van der Waals surface area contributed by atoms with Crippen molar-refractivity contribution in [3.8, 4) is 0 Å². The van der Waals surface area contributed by atoms with Crippen LogP contribution in [0.3, 0.4) is 0 Å². The number of nitrogens with zero attached hydrogens (tertiary/aromatic N) is 1.